The molecule has 4 nitrogen and oxygen atoms in total. The van der Waals surface area contributed by atoms with Crippen LogP contribution in [0.2, 0.25) is 0 Å². The lowest BCUT2D eigenvalue weighted by Gasteiger charge is -2.10. The first-order valence-electron chi connectivity index (χ1n) is 8.70. The number of thioether (sulfide) groups is 1. The van der Waals surface area contributed by atoms with E-state index in [4.69, 9.17) is 0 Å². The van der Waals surface area contributed by atoms with Gasteiger partial charge in [0.15, 0.2) is 0 Å². The number of carbonyl (C=O) groups is 1. The van der Waals surface area contributed by atoms with Gasteiger partial charge < -0.3 is 10.3 Å². The summed E-state index contributed by atoms with van der Waals surface area (Å²) >= 11 is 1.69. The van der Waals surface area contributed by atoms with Crippen LogP contribution in [0.4, 0.5) is 5.69 Å². The molecule has 1 amide bonds. The molecule has 27 heavy (non-hydrogen) atoms. The van der Waals surface area contributed by atoms with Crippen molar-refractivity contribution in [1.82, 2.24) is 9.97 Å². The van der Waals surface area contributed by atoms with Gasteiger partial charge in [-0.15, -0.1) is 11.8 Å². The van der Waals surface area contributed by atoms with Gasteiger partial charge in [0, 0.05) is 10.5 Å². The van der Waals surface area contributed by atoms with Crippen molar-refractivity contribution in [2.45, 2.75) is 11.3 Å². The van der Waals surface area contributed by atoms with E-state index in [1.807, 2.05) is 79.1 Å². The van der Waals surface area contributed by atoms with Gasteiger partial charge in [-0.2, -0.15) is 0 Å². The smallest absolute Gasteiger partial charge is 0.228 e. The van der Waals surface area contributed by atoms with E-state index >= 15 is 0 Å². The van der Waals surface area contributed by atoms with E-state index in [1.54, 1.807) is 11.8 Å². The van der Waals surface area contributed by atoms with Gasteiger partial charge >= 0.3 is 0 Å². The van der Waals surface area contributed by atoms with Crippen LogP contribution in [0.1, 0.15) is 5.56 Å². The summed E-state index contributed by atoms with van der Waals surface area (Å²) in [6.07, 6.45) is 2.37. The minimum atomic E-state index is -0.0459. The summed E-state index contributed by atoms with van der Waals surface area (Å²) in [4.78, 5) is 21.7. The Labute approximate surface area is 162 Å². The topological polar surface area (TPSA) is 57.8 Å². The molecule has 0 fully saturated rings. The van der Waals surface area contributed by atoms with Gasteiger partial charge in [-0.3, -0.25) is 4.79 Å². The number of amides is 1. The van der Waals surface area contributed by atoms with Crippen LogP contribution in [0.25, 0.3) is 22.4 Å². The molecule has 5 heteroatoms. The highest BCUT2D eigenvalue weighted by molar-refractivity contribution is 7.98. The zero-order valence-corrected chi connectivity index (χ0v) is 15.7. The Hall–Kier alpha value is -3.05. The van der Waals surface area contributed by atoms with Crippen LogP contribution < -0.4 is 5.32 Å². The number of carbonyl (C=O) groups excluding carboxylic acids is 1. The molecular formula is C22H19N3OS. The maximum absolute atomic E-state index is 12.5. The quantitative estimate of drug-likeness (QED) is 0.477. The van der Waals surface area contributed by atoms with Crippen LogP contribution in [0.5, 0.6) is 0 Å². The maximum atomic E-state index is 12.5. The zero-order valence-electron chi connectivity index (χ0n) is 14.9. The number of rotatable bonds is 5. The molecule has 0 radical (unpaired) electrons. The Morgan fingerprint density at radius 2 is 1.74 bits per heavy atom. The van der Waals surface area contributed by atoms with E-state index in [0.717, 1.165) is 33.7 Å². The van der Waals surface area contributed by atoms with Gasteiger partial charge in [0.25, 0.3) is 0 Å². The number of hydrogen-bond acceptors (Lipinski definition) is 3. The van der Waals surface area contributed by atoms with Crippen molar-refractivity contribution < 1.29 is 4.79 Å². The Bertz CT molecular complexity index is 1050. The van der Waals surface area contributed by atoms with Gasteiger partial charge in [-0.05, 0) is 48.2 Å². The van der Waals surface area contributed by atoms with E-state index in [1.165, 1.54) is 4.90 Å². The fourth-order valence-electron chi connectivity index (χ4n) is 3.00. The first-order valence-corrected chi connectivity index (χ1v) is 9.92. The summed E-state index contributed by atoms with van der Waals surface area (Å²) in [6.45, 7) is 0. The summed E-state index contributed by atoms with van der Waals surface area (Å²) in [5, 5.41) is 3.03. The number of imidazole rings is 1. The van der Waals surface area contributed by atoms with E-state index in [9.17, 15) is 4.79 Å². The number of nitrogens with zero attached hydrogens (tertiary/aromatic N) is 1. The number of anilines is 1. The molecule has 1 aromatic heterocycles. The Kier molecular flexibility index (Phi) is 4.94. The second kappa shape index (κ2) is 7.68. The average molecular weight is 373 g/mol. The lowest BCUT2D eigenvalue weighted by molar-refractivity contribution is -0.115. The van der Waals surface area contributed by atoms with Crippen LogP contribution in [0, 0.1) is 0 Å². The van der Waals surface area contributed by atoms with Crippen LogP contribution in [-0.4, -0.2) is 22.1 Å². The molecule has 0 aliphatic heterocycles. The Morgan fingerprint density at radius 3 is 2.52 bits per heavy atom. The standard InChI is InChI=1S/C22H19N3OS/c1-27-16-12-10-15(11-13-16)14-21(26)23-18-7-3-2-6-17(18)22-24-19-8-4-5-9-20(19)25-22/h2-13H,14H2,1H3,(H,23,26)(H,24,25). The van der Waals surface area contributed by atoms with Crippen LogP contribution in [-0.2, 0) is 11.2 Å². The van der Waals surface area contributed by atoms with Crippen molar-refractivity contribution in [3.05, 3.63) is 78.4 Å². The van der Waals surface area contributed by atoms with E-state index in [0.29, 0.717) is 6.42 Å². The normalized spacial score (nSPS) is 10.9. The van der Waals surface area contributed by atoms with Crippen molar-refractivity contribution in [1.29, 1.82) is 0 Å². The fourth-order valence-corrected chi connectivity index (χ4v) is 3.41. The third-order valence-electron chi connectivity index (χ3n) is 4.37. The number of benzene rings is 3. The maximum Gasteiger partial charge on any atom is 0.228 e. The van der Waals surface area contributed by atoms with Crippen LogP contribution in [0.3, 0.4) is 0 Å². The summed E-state index contributed by atoms with van der Waals surface area (Å²) < 4.78 is 0. The summed E-state index contributed by atoms with van der Waals surface area (Å²) in [5.41, 5.74) is 4.50. The highest BCUT2D eigenvalue weighted by atomic mass is 32.2. The molecule has 0 aliphatic rings. The number of para-hydroxylation sites is 3. The number of fused-ring (bicyclic) bond motifs is 1. The van der Waals surface area contributed by atoms with Gasteiger partial charge in [0.1, 0.15) is 5.82 Å². The number of aromatic amines is 1. The molecule has 1 heterocycles. The summed E-state index contributed by atoms with van der Waals surface area (Å²) in [6, 6.07) is 23.7. The minimum absolute atomic E-state index is 0.0459. The molecule has 2 N–H and O–H groups in total. The molecule has 0 aliphatic carbocycles. The van der Waals surface area contributed by atoms with Crippen molar-refractivity contribution in [3.63, 3.8) is 0 Å². The molecule has 4 aromatic rings. The van der Waals surface area contributed by atoms with E-state index in [2.05, 4.69) is 15.3 Å². The molecule has 0 unspecified atom stereocenters. The highest BCUT2D eigenvalue weighted by Gasteiger charge is 2.12. The van der Waals surface area contributed by atoms with E-state index in [-0.39, 0.29) is 5.91 Å². The second-order valence-electron chi connectivity index (χ2n) is 6.22. The molecule has 0 bridgehead atoms. The first-order chi connectivity index (χ1) is 13.2. The lowest BCUT2D eigenvalue weighted by Crippen LogP contribution is -2.15. The summed E-state index contributed by atoms with van der Waals surface area (Å²) in [5.74, 6) is 0.701. The molecule has 0 atom stereocenters. The van der Waals surface area contributed by atoms with Crippen LogP contribution in [0.15, 0.2) is 77.7 Å². The average Bonchev–Trinajstić information content (AvgIpc) is 3.13. The van der Waals surface area contributed by atoms with Gasteiger partial charge in [0.2, 0.25) is 5.91 Å². The monoisotopic (exact) mass is 373 g/mol. The van der Waals surface area contributed by atoms with Gasteiger partial charge in [-0.1, -0.05) is 36.4 Å². The second-order valence-corrected chi connectivity index (χ2v) is 7.10. The van der Waals surface area contributed by atoms with Crippen molar-refractivity contribution in [3.8, 4) is 11.4 Å². The van der Waals surface area contributed by atoms with Crippen LogP contribution >= 0.6 is 11.8 Å². The van der Waals surface area contributed by atoms with Gasteiger partial charge in [0.05, 0.1) is 23.1 Å². The zero-order chi connectivity index (χ0) is 18.6. The molecule has 0 spiro atoms. The van der Waals surface area contributed by atoms with Crippen molar-refractivity contribution >= 4 is 34.4 Å². The molecule has 134 valence electrons. The SMILES string of the molecule is CSc1ccc(CC(=O)Nc2ccccc2-c2nc3ccccc3[nH]2)cc1. The largest absolute Gasteiger partial charge is 0.338 e. The summed E-state index contributed by atoms with van der Waals surface area (Å²) in [7, 11) is 0. The number of aromatic nitrogens is 2. The third kappa shape index (κ3) is 3.88. The number of nitrogens with one attached hydrogen (secondary N) is 2. The van der Waals surface area contributed by atoms with Gasteiger partial charge in [-0.25, -0.2) is 4.98 Å². The molecule has 4 rings (SSSR count). The van der Waals surface area contributed by atoms with Crippen molar-refractivity contribution in [2.24, 2.45) is 0 Å². The predicted molar refractivity (Wildman–Crippen MR) is 112 cm³/mol. The number of hydrogen-bond donors (Lipinski definition) is 2. The third-order valence-corrected chi connectivity index (χ3v) is 5.11. The molecule has 0 saturated carbocycles. The Morgan fingerprint density at radius 1 is 1.00 bits per heavy atom. The lowest BCUT2D eigenvalue weighted by atomic mass is 10.1. The fraction of sp³-hybridized carbons (Fsp3) is 0.0909. The van der Waals surface area contributed by atoms with Crippen molar-refractivity contribution in [2.75, 3.05) is 11.6 Å². The molecule has 3 aromatic carbocycles. The molecule has 0 saturated heterocycles. The molecular weight excluding hydrogens is 354 g/mol. The Balaban J connectivity index is 1.56. The highest BCUT2D eigenvalue weighted by Crippen LogP contribution is 2.27. The predicted octanol–water partition coefficient (Wildman–Crippen LogP) is 5.13. The minimum Gasteiger partial charge on any atom is -0.338 e. The van der Waals surface area contributed by atoms with E-state index < -0.39 is 0 Å². The number of H-pyrrole nitrogens is 1. The first kappa shape index (κ1) is 17.4.